The first-order chi connectivity index (χ1) is 7.35. The first-order valence-corrected chi connectivity index (χ1v) is 5.88. The molecule has 0 aliphatic carbocycles. The Kier molecular flexibility index (Phi) is 4.21. The zero-order valence-electron chi connectivity index (χ0n) is 9.56. The van der Waals surface area contributed by atoms with E-state index in [-0.39, 0.29) is 17.6 Å². The molecule has 2 amide bonds. The molecule has 1 heterocycles. The molecule has 92 valence electrons. The van der Waals surface area contributed by atoms with Crippen LogP contribution in [0.5, 0.6) is 0 Å². The summed E-state index contributed by atoms with van der Waals surface area (Å²) in [5.41, 5.74) is -0.812. The van der Waals surface area contributed by atoms with Gasteiger partial charge in [0.25, 0.3) is 0 Å². The Bertz CT molecular complexity index is 294. The highest BCUT2D eigenvalue weighted by Crippen LogP contribution is 2.20. The van der Waals surface area contributed by atoms with Crippen LogP contribution < -0.4 is 5.32 Å². The zero-order chi connectivity index (χ0) is 12.3. The molecular formula is C10H18N2O3S. The lowest BCUT2D eigenvalue weighted by molar-refractivity contribution is -0.135. The number of likely N-dealkylation sites (tertiary alicyclic amines) is 1. The smallest absolute Gasteiger partial charge is 0.246 e. The minimum atomic E-state index is -0.812. The van der Waals surface area contributed by atoms with Crippen molar-refractivity contribution in [3.05, 3.63) is 0 Å². The average Bonchev–Trinajstić information content (AvgIpc) is 2.54. The first kappa shape index (κ1) is 13.3. The van der Waals surface area contributed by atoms with Gasteiger partial charge in [0.2, 0.25) is 11.8 Å². The lowest BCUT2D eigenvalue weighted by Gasteiger charge is -2.23. The monoisotopic (exact) mass is 246 g/mol. The van der Waals surface area contributed by atoms with E-state index in [1.807, 2.05) is 0 Å². The van der Waals surface area contributed by atoms with E-state index in [1.165, 1.54) is 6.92 Å². The van der Waals surface area contributed by atoms with E-state index in [1.54, 1.807) is 11.8 Å². The summed E-state index contributed by atoms with van der Waals surface area (Å²) >= 11 is 4.04. The second kappa shape index (κ2) is 5.05. The Morgan fingerprint density at radius 1 is 1.62 bits per heavy atom. The number of hydrogen-bond donors (Lipinski definition) is 3. The number of hydrogen-bond acceptors (Lipinski definition) is 4. The fourth-order valence-electron chi connectivity index (χ4n) is 1.78. The maximum Gasteiger partial charge on any atom is 0.246 e. The third-order valence-corrected chi connectivity index (χ3v) is 2.99. The van der Waals surface area contributed by atoms with Crippen LogP contribution in [-0.2, 0) is 9.59 Å². The van der Waals surface area contributed by atoms with E-state index in [2.05, 4.69) is 17.9 Å². The molecule has 2 unspecified atom stereocenters. The predicted octanol–water partition coefficient (Wildman–Crippen LogP) is -0.596. The van der Waals surface area contributed by atoms with Gasteiger partial charge in [-0.3, -0.25) is 9.59 Å². The summed E-state index contributed by atoms with van der Waals surface area (Å²) in [6.07, 6.45) is 0.568. The van der Waals surface area contributed by atoms with Gasteiger partial charge in [-0.05, 0) is 13.3 Å². The van der Waals surface area contributed by atoms with Crippen molar-refractivity contribution in [2.45, 2.75) is 31.9 Å². The summed E-state index contributed by atoms with van der Waals surface area (Å²) in [6, 6.07) is -0.602. The standard InChI is InChI=1S/C10H18N2O3S/c1-7(13)11-8(5-16)9(14)12-4-3-10(2,15)6-12/h8,15-16H,3-6H2,1-2H3,(H,11,13). The van der Waals surface area contributed by atoms with Crippen LogP contribution in [0.3, 0.4) is 0 Å². The van der Waals surface area contributed by atoms with Crippen LogP contribution in [0.4, 0.5) is 0 Å². The quantitative estimate of drug-likeness (QED) is 0.583. The van der Waals surface area contributed by atoms with Gasteiger partial charge < -0.3 is 15.3 Å². The number of carbonyl (C=O) groups is 2. The lowest BCUT2D eigenvalue weighted by Crippen LogP contribution is -2.49. The van der Waals surface area contributed by atoms with E-state index in [9.17, 15) is 14.7 Å². The van der Waals surface area contributed by atoms with Crippen molar-refractivity contribution in [2.75, 3.05) is 18.8 Å². The Balaban J connectivity index is 2.59. The molecule has 1 fully saturated rings. The second-order valence-electron chi connectivity index (χ2n) is 4.44. The predicted molar refractivity (Wildman–Crippen MR) is 63.3 cm³/mol. The molecule has 0 radical (unpaired) electrons. The van der Waals surface area contributed by atoms with Gasteiger partial charge in [-0.25, -0.2) is 0 Å². The van der Waals surface area contributed by atoms with Crippen molar-refractivity contribution in [3.63, 3.8) is 0 Å². The van der Waals surface area contributed by atoms with Crippen LogP contribution in [0.2, 0.25) is 0 Å². The number of rotatable bonds is 3. The Hall–Kier alpha value is -0.750. The minimum Gasteiger partial charge on any atom is -0.388 e. The molecule has 2 atom stereocenters. The number of nitrogens with one attached hydrogen (secondary N) is 1. The molecule has 1 aliphatic rings. The number of aliphatic hydroxyl groups is 1. The number of nitrogens with zero attached hydrogens (tertiary/aromatic N) is 1. The van der Waals surface area contributed by atoms with E-state index in [0.29, 0.717) is 19.5 Å². The van der Waals surface area contributed by atoms with Gasteiger partial charge in [-0.2, -0.15) is 12.6 Å². The summed E-state index contributed by atoms with van der Waals surface area (Å²) < 4.78 is 0. The van der Waals surface area contributed by atoms with E-state index in [0.717, 1.165) is 0 Å². The van der Waals surface area contributed by atoms with E-state index < -0.39 is 11.6 Å². The van der Waals surface area contributed by atoms with Crippen molar-refractivity contribution < 1.29 is 14.7 Å². The van der Waals surface area contributed by atoms with Crippen molar-refractivity contribution in [1.82, 2.24) is 10.2 Å². The van der Waals surface area contributed by atoms with Crippen molar-refractivity contribution in [2.24, 2.45) is 0 Å². The highest BCUT2D eigenvalue weighted by molar-refractivity contribution is 7.80. The highest BCUT2D eigenvalue weighted by atomic mass is 32.1. The second-order valence-corrected chi connectivity index (χ2v) is 4.81. The van der Waals surface area contributed by atoms with E-state index >= 15 is 0 Å². The van der Waals surface area contributed by atoms with Gasteiger partial charge in [-0.15, -0.1) is 0 Å². The topological polar surface area (TPSA) is 69.6 Å². The fourth-order valence-corrected chi connectivity index (χ4v) is 2.03. The highest BCUT2D eigenvalue weighted by Gasteiger charge is 2.36. The molecule has 2 N–H and O–H groups in total. The Labute approximate surface area is 101 Å². The SMILES string of the molecule is CC(=O)NC(CS)C(=O)N1CCC(C)(O)C1. The van der Waals surface area contributed by atoms with Gasteiger partial charge in [0.15, 0.2) is 0 Å². The van der Waals surface area contributed by atoms with Crippen molar-refractivity contribution in [3.8, 4) is 0 Å². The average molecular weight is 246 g/mol. The Morgan fingerprint density at radius 2 is 2.25 bits per heavy atom. The maximum atomic E-state index is 12.0. The molecule has 0 bridgehead atoms. The van der Waals surface area contributed by atoms with Gasteiger partial charge in [-0.1, -0.05) is 0 Å². The minimum absolute atomic E-state index is 0.178. The van der Waals surface area contributed by atoms with Crippen LogP contribution >= 0.6 is 12.6 Å². The van der Waals surface area contributed by atoms with Crippen LogP contribution in [-0.4, -0.2) is 52.3 Å². The molecular weight excluding hydrogens is 228 g/mol. The molecule has 0 spiro atoms. The van der Waals surface area contributed by atoms with Crippen LogP contribution in [0.1, 0.15) is 20.3 Å². The molecule has 6 heteroatoms. The third kappa shape index (κ3) is 3.38. The van der Waals surface area contributed by atoms with Crippen molar-refractivity contribution >= 4 is 24.4 Å². The third-order valence-electron chi connectivity index (χ3n) is 2.62. The summed E-state index contributed by atoms with van der Waals surface area (Å²) in [7, 11) is 0. The molecule has 1 aliphatic heterocycles. The molecule has 1 saturated heterocycles. The first-order valence-electron chi connectivity index (χ1n) is 5.25. The van der Waals surface area contributed by atoms with Crippen LogP contribution in [0.15, 0.2) is 0 Å². The summed E-state index contributed by atoms with van der Waals surface area (Å²) in [4.78, 5) is 24.4. The van der Waals surface area contributed by atoms with Crippen molar-refractivity contribution in [1.29, 1.82) is 0 Å². The van der Waals surface area contributed by atoms with Crippen LogP contribution in [0.25, 0.3) is 0 Å². The molecule has 5 nitrogen and oxygen atoms in total. The van der Waals surface area contributed by atoms with Crippen LogP contribution in [0, 0.1) is 0 Å². The molecule has 16 heavy (non-hydrogen) atoms. The number of thiol groups is 1. The largest absolute Gasteiger partial charge is 0.388 e. The number of β-amino-alcohol motifs (C(OH)–C–C–N with tert-alkyl or cyclic N) is 1. The Morgan fingerprint density at radius 3 is 2.62 bits per heavy atom. The van der Waals surface area contributed by atoms with Gasteiger partial charge in [0.05, 0.1) is 5.60 Å². The van der Waals surface area contributed by atoms with Gasteiger partial charge in [0, 0.05) is 25.8 Å². The number of amides is 2. The maximum absolute atomic E-state index is 12.0. The van der Waals surface area contributed by atoms with E-state index in [4.69, 9.17) is 0 Å². The molecule has 0 saturated carbocycles. The molecule has 0 aromatic carbocycles. The normalized spacial score (nSPS) is 26.6. The van der Waals surface area contributed by atoms with Gasteiger partial charge >= 0.3 is 0 Å². The lowest BCUT2D eigenvalue weighted by atomic mass is 10.1. The zero-order valence-corrected chi connectivity index (χ0v) is 10.5. The summed E-state index contributed by atoms with van der Waals surface area (Å²) in [5, 5.41) is 12.3. The number of carbonyl (C=O) groups excluding carboxylic acids is 2. The van der Waals surface area contributed by atoms with Gasteiger partial charge in [0.1, 0.15) is 6.04 Å². The molecule has 0 aromatic rings. The molecule has 1 rings (SSSR count). The fraction of sp³-hybridized carbons (Fsp3) is 0.800. The summed E-state index contributed by atoms with van der Waals surface area (Å²) in [6.45, 7) is 3.91. The molecule has 0 aromatic heterocycles. The summed E-state index contributed by atoms with van der Waals surface area (Å²) in [5.74, 6) is -0.168.